The molecule has 0 radical (unpaired) electrons. The molecule has 4 nitrogen and oxygen atoms in total. The highest BCUT2D eigenvalue weighted by atomic mass is 16.5. The van der Waals surface area contributed by atoms with Gasteiger partial charge in [-0.05, 0) is 86.1 Å². The maximum absolute atomic E-state index is 6.25. The third kappa shape index (κ3) is 6.19. The molecule has 0 saturated carbocycles. The zero-order chi connectivity index (χ0) is 23.9. The lowest BCUT2D eigenvalue weighted by Crippen LogP contribution is -2.28. The van der Waals surface area contributed by atoms with E-state index in [2.05, 4.69) is 62.9 Å². The number of likely N-dealkylation sites (tertiary alicyclic amines) is 1. The first-order valence-electron chi connectivity index (χ1n) is 12.4. The summed E-state index contributed by atoms with van der Waals surface area (Å²) < 4.78 is 12.3. The van der Waals surface area contributed by atoms with Gasteiger partial charge in [-0.15, -0.1) is 0 Å². The fourth-order valence-electron chi connectivity index (χ4n) is 4.12. The van der Waals surface area contributed by atoms with Gasteiger partial charge in [0.05, 0.1) is 18.6 Å². The molecule has 0 aliphatic carbocycles. The number of aliphatic imine (C=N–C) groups is 1. The van der Waals surface area contributed by atoms with Gasteiger partial charge >= 0.3 is 0 Å². The average molecular weight is 457 g/mol. The van der Waals surface area contributed by atoms with E-state index in [1.807, 2.05) is 36.7 Å². The van der Waals surface area contributed by atoms with Crippen LogP contribution in [-0.2, 0) is 0 Å². The summed E-state index contributed by atoms with van der Waals surface area (Å²) in [5.74, 6) is 3.08. The molecule has 0 aromatic heterocycles. The number of ether oxygens (including phenoxy) is 2. The van der Waals surface area contributed by atoms with E-state index in [1.54, 1.807) is 0 Å². The molecule has 1 fully saturated rings. The van der Waals surface area contributed by atoms with Crippen molar-refractivity contribution in [2.75, 3.05) is 19.7 Å². The van der Waals surface area contributed by atoms with Crippen molar-refractivity contribution in [3.63, 3.8) is 0 Å². The van der Waals surface area contributed by atoms with Crippen LogP contribution in [0.4, 0.5) is 5.69 Å². The first kappa shape index (κ1) is 23.9. The van der Waals surface area contributed by atoms with Gasteiger partial charge in [-0.25, -0.2) is 4.99 Å². The Bertz CT molecular complexity index is 1110. The van der Waals surface area contributed by atoms with Crippen molar-refractivity contribution < 1.29 is 9.47 Å². The van der Waals surface area contributed by atoms with E-state index in [0.717, 1.165) is 58.3 Å². The van der Waals surface area contributed by atoms with Crippen LogP contribution in [0.3, 0.4) is 0 Å². The quantitative estimate of drug-likeness (QED) is 0.255. The minimum atomic E-state index is 0.484. The Morgan fingerprint density at radius 1 is 0.882 bits per heavy atom. The van der Waals surface area contributed by atoms with Crippen LogP contribution in [0.15, 0.2) is 65.7 Å². The number of aryl methyl sites for hydroxylation is 2. The molecule has 3 aromatic rings. The van der Waals surface area contributed by atoms with Crippen molar-refractivity contribution in [3.05, 3.63) is 71.8 Å². The molecule has 1 heterocycles. The van der Waals surface area contributed by atoms with Gasteiger partial charge in [0.1, 0.15) is 17.2 Å². The lowest BCUT2D eigenvalue weighted by molar-refractivity contribution is 0.272. The van der Waals surface area contributed by atoms with E-state index in [1.165, 1.54) is 19.3 Å². The topological polar surface area (TPSA) is 34.1 Å². The zero-order valence-electron chi connectivity index (χ0n) is 20.9. The smallest absolute Gasteiger partial charge is 0.130 e. The minimum absolute atomic E-state index is 0.484. The molecule has 0 atom stereocenters. The van der Waals surface area contributed by atoms with Crippen LogP contribution in [0.5, 0.6) is 17.2 Å². The first-order chi connectivity index (χ1) is 16.5. The van der Waals surface area contributed by atoms with E-state index >= 15 is 0 Å². The largest absolute Gasteiger partial charge is 0.493 e. The Morgan fingerprint density at radius 2 is 1.62 bits per heavy atom. The summed E-state index contributed by atoms with van der Waals surface area (Å²) in [6.07, 6.45) is 5.84. The Morgan fingerprint density at radius 3 is 2.35 bits per heavy atom. The number of piperidine rings is 1. The van der Waals surface area contributed by atoms with Gasteiger partial charge in [0.25, 0.3) is 0 Å². The van der Waals surface area contributed by atoms with Crippen LogP contribution in [-0.4, -0.2) is 30.9 Å². The maximum Gasteiger partial charge on any atom is 0.130 e. The summed E-state index contributed by atoms with van der Waals surface area (Å²) >= 11 is 0. The van der Waals surface area contributed by atoms with Crippen LogP contribution in [0.2, 0.25) is 0 Å². The Labute approximate surface area is 204 Å². The van der Waals surface area contributed by atoms with Gasteiger partial charge in [0.15, 0.2) is 0 Å². The van der Waals surface area contributed by atoms with E-state index < -0.39 is 0 Å². The van der Waals surface area contributed by atoms with E-state index in [4.69, 9.17) is 14.5 Å². The summed E-state index contributed by atoms with van der Waals surface area (Å²) in [5, 5.41) is 0. The third-order valence-corrected chi connectivity index (χ3v) is 6.10. The Kier molecular flexibility index (Phi) is 7.89. The van der Waals surface area contributed by atoms with Crippen molar-refractivity contribution in [3.8, 4) is 28.4 Å². The first-order valence-corrected chi connectivity index (χ1v) is 12.4. The molecule has 1 saturated heterocycles. The Balaban J connectivity index is 1.46. The highest BCUT2D eigenvalue weighted by Crippen LogP contribution is 2.34. The second-order valence-corrected chi connectivity index (χ2v) is 9.57. The highest BCUT2D eigenvalue weighted by molar-refractivity contribution is 5.71. The number of rotatable bonds is 8. The van der Waals surface area contributed by atoms with Gasteiger partial charge in [0, 0.05) is 18.7 Å². The van der Waals surface area contributed by atoms with Gasteiger partial charge in [-0.2, -0.15) is 0 Å². The summed E-state index contributed by atoms with van der Waals surface area (Å²) in [6, 6.07) is 20.6. The molecule has 1 aliphatic rings. The SMILES string of the molecule is Cc1cc(Oc2ccc(-c3ccccc3OCC(C)C)cc2)c(C)cc1/N=C/N1CCCCC1. The summed E-state index contributed by atoms with van der Waals surface area (Å²) in [6.45, 7) is 11.4. The van der Waals surface area contributed by atoms with Gasteiger partial charge < -0.3 is 14.4 Å². The fourth-order valence-corrected chi connectivity index (χ4v) is 4.12. The predicted octanol–water partition coefficient (Wildman–Crippen LogP) is 7.94. The van der Waals surface area contributed by atoms with Crippen LogP contribution in [0, 0.1) is 19.8 Å². The van der Waals surface area contributed by atoms with Crippen molar-refractivity contribution in [2.24, 2.45) is 10.9 Å². The molecule has 34 heavy (non-hydrogen) atoms. The zero-order valence-corrected chi connectivity index (χ0v) is 20.9. The maximum atomic E-state index is 6.25. The molecule has 0 bridgehead atoms. The fraction of sp³-hybridized carbons (Fsp3) is 0.367. The molecule has 4 heteroatoms. The van der Waals surface area contributed by atoms with Crippen LogP contribution in [0.25, 0.3) is 11.1 Å². The summed E-state index contributed by atoms with van der Waals surface area (Å²) in [5.41, 5.74) is 5.40. The number of hydrogen-bond acceptors (Lipinski definition) is 3. The van der Waals surface area contributed by atoms with Crippen molar-refractivity contribution in [2.45, 2.75) is 47.0 Å². The number of para-hydroxylation sites is 1. The lowest BCUT2D eigenvalue weighted by Gasteiger charge is -2.24. The molecule has 0 N–H and O–H groups in total. The molecule has 0 unspecified atom stereocenters. The third-order valence-electron chi connectivity index (χ3n) is 6.10. The standard InChI is InChI=1S/C30H36N2O2/c1-22(2)20-33-29-11-7-6-10-27(29)25-12-14-26(15-13-25)34-30-19-23(3)28(18-24(30)4)31-21-32-16-8-5-9-17-32/h6-7,10-15,18-19,21-22H,5,8-9,16-17,20H2,1-4H3/b31-21+. The second-order valence-electron chi connectivity index (χ2n) is 9.57. The van der Waals surface area contributed by atoms with Crippen molar-refractivity contribution >= 4 is 12.0 Å². The van der Waals surface area contributed by atoms with Gasteiger partial charge in [-0.1, -0.05) is 44.2 Å². The van der Waals surface area contributed by atoms with Crippen molar-refractivity contribution in [1.29, 1.82) is 0 Å². The number of nitrogens with zero attached hydrogens (tertiary/aromatic N) is 2. The molecule has 4 rings (SSSR count). The van der Waals surface area contributed by atoms with Gasteiger partial charge in [-0.3, -0.25) is 0 Å². The van der Waals surface area contributed by atoms with E-state index in [0.29, 0.717) is 12.5 Å². The monoisotopic (exact) mass is 456 g/mol. The van der Waals surface area contributed by atoms with Crippen molar-refractivity contribution in [1.82, 2.24) is 4.90 Å². The molecule has 0 amide bonds. The summed E-state index contributed by atoms with van der Waals surface area (Å²) in [4.78, 5) is 7.07. The van der Waals surface area contributed by atoms with E-state index in [-0.39, 0.29) is 0 Å². The van der Waals surface area contributed by atoms with Crippen LogP contribution in [0.1, 0.15) is 44.2 Å². The second kappa shape index (κ2) is 11.2. The van der Waals surface area contributed by atoms with Crippen LogP contribution >= 0.6 is 0 Å². The van der Waals surface area contributed by atoms with Crippen LogP contribution < -0.4 is 9.47 Å². The average Bonchev–Trinajstić information content (AvgIpc) is 2.85. The van der Waals surface area contributed by atoms with E-state index in [9.17, 15) is 0 Å². The Hall–Kier alpha value is -3.27. The van der Waals surface area contributed by atoms with Gasteiger partial charge in [0.2, 0.25) is 0 Å². The summed E-state index contributed by atoms with van der Waals surface area (Å²) in [7, 11) is 0. The number of benzene rings is 3. The highest BCUT2D eigenvalue weighted by Gasteiger charge is 2.10. The normalized spacial score (nSPS) is 14.1. The number of hydrogen-bond donors (Lipinski definition) is 0. The molecule has 0 spiro atoms. The minimum Gasteiger partial charge on any atom is -0.493 e. The molecule has 3 aromatic carbocycles. The predicted molar refractivity (Wildman–Crippen MR) is 142 cm³/mol. The molecular formula is C30H36N2O2. The molecule has 178 valence electrons. The lowest BCUT2D eigenvalue weighted by atomic mass is 10.0. The molecule has 1 aliphatic heterocycles. The molecular weight excluding hydrogens is 420 g/mol.